The number of benzene rings is 1. The Morgan fingerprint density at radius 2 is 2.18 bits per heavy atom. The fourth-order valence-corrected chi connectivity index (χ4v) is 1.80. The largest absolute Gasteiger partial charge is 0.337 e. The van der Waals surface area contributed by atoms with E-state index in [0.29, 0.717) is 6.54 Å². The van der Waals surface area contributed by atoms with E-state index >= 15 is 0 Å². The van der Waals surface area contributed by atoms with Gasteiger partial charge in [0, 0.05) is 13.1 Å². The van der Waals surface area contributed by atoms with Crippen LogP contribution in [0.4, 0.5) is 0 Å². The summed E-state index contributed by atoms with van der Waals surface area (Å²) in [5.74, 6) is 0.0277. The van der Waals surface area contributed by atoms with Crippen molar-refractivity contribution < 1.29 is 4.79 Å². The van der Waals surface area contributed by atoms with E-state index in [2.05, 4.69) is 32.0 Å². The SMILES string of the molecule is CCCCN(Cc1cccc(C)c1)C(=O)CN. The number of nitrogens with zero attached hydrogens (tertiary/aromatic N) is 1. The van der Waals surface area contributed by atoms with Crippen molar-refractivity contribution in [2.24, 2.45) is 5.73 Å². The van der Waals surface area contributed by atoms with Crippen molar-refractivity contribution >= 4 is 5.91 Å². The lowest BCUT2D eigenvalue weighted by atomic mass is 10.1. The molecule has 0 aliphatic heterocycles. The van der Waals surface area contributed by atoms with Gasteiger partial charge in [0.05, 0.1) is 6.54 Å². The monoisotopic (exact) mass is 234 g/mol. The summed E-state index contributed by atoms with van der Waals surface area (Å²) in [5, 5.41) is 0. The minimum Gasteiger partial charge on any atom is -0.337 e. The number of nitrogens with two attached hydrogens (primary N) is 1. The smallest absolute Gasteiger partial charge is 0.236 e. The lowest BCUT2D eigenvalue weighted by Crippen LogP contribution is -2.36. The maximum Gasteiger partial charge on any atom is 0.236 e. The molecule has 0 atom stereocenters. The molecule has 1 rings (SSSR count). The van der Waals surface area contributed by atoms with Gasteiger partial charge in [0.2, 0.25) is 5.91 Å². The topological polar surface area (TPSA) is 46.3 Å². The highest BCUT2D eigenvalue weighted by molar-refractivity contribution is 5.78. The van der Waals surface area contributed by atoms with E-state index in [-0.39, 0.29) is 12.5 Å². The van der Waals surface area contributed by atoms with Gasteiger partial charge >= 0.3 is 0 Å². The average molecular weight is 234 g/mol. The molecule has 0 unspecified atom stereocenters. The molecule has 0 spiro atoms. The quantitative estimate of drug-likeness (QED) is 0.819. The molecule has 0 aromatic heterocycles. The molecule has 3 nitrogen and oxygen atoms in total. The van der Waals surface area contributed by atoms with E-state index < -0.39 is 0 Å². The predicted molar refractivity (Wildman–Crippen MR) is 70.6 cm³/mol. The van der Waals surface area contributed by atoms with Crippen molar-refractivity contribution in [2.45, 2.75) is 33.2 Å². The van der Waals surface area contributed by atoms with Crippen LogP contribution in [0.5, 0.6) is 0 Å². The first-order chi connectivity index (χ1) is 8.17. The van der Waals surface area contributed by atoms with E-state index in [0.717, 1.165) is 19.4 Å². The maximum absolute atomic E-state index is 11.7. The summed E-state index contributed by atoms with van der Waals surface area (Å²) < 4.78 is 0. The third kappa shape index (κ3) is 4.57. The van der Waals surface area contributed by atoms with Gasteiger partial charge < -0.3 is 10.6 Å². The Labute approximate surface area is 104 Å². The molecule has 94 valence electrons. The Morgan fingerprint density at radius 3 is 2.76 bits per heavy atom. The van der Waals surface area contributed by atoms with Gasteiger partial charge in [0.1, 0.15) is 0 Å². The molecule has 0 aliphatic carbocycles. The van der Waals surface area contributed by atoms with Crippen LogP contribution in [0.1, 0.15) is 30.9 Å². The molecule has 3 heteroatoms. The van der Waals surface area contributed by atoms with Crippen LogP contribution in [0.25, 0.3) is 0 Å². The molecule has 0 saturated carbocycles. The molecule has 0 radical (unpaired) electrons. The Kier molecular flexibility index (Phi) is 5.70. The number of aryl methyl sites for hydroxylation is 1. The van der Waals surface area contributed by atoms with Gasteiger partial charge in [-0.05, 0) is 18.9 Å². The van der Waals surface area contributed by atoms with Crippen molar-refractivity contribution in [1.82, 2.24) is 4.90 Å². The molecule has 17 heavy (non-hydrogen) atoms. The number of rotatable bonds is 6. The molecule has 1 aromatic carbocycles. The van der Waals surface area contributed by atoms with E-state index in [9.17, 15) is 4.79 Å². The molecule has 0 fully saturated rings. The number of amides is 1. The van der Waals surface area contributed by atoms with Crippen LogP contribution in [0.15, 0.2) is 24.3 Å². The van der Waals surface area contributed by atoms with E-state index in [1.807, 2.05) is 11.0 Å². The molecule has 0 aliphatic rings. The second-order valence-corrected chi connectivity index (χ2v) is 4.36. The zero-order chi connectivity index (χ0) is 12.7. The summed E-state index contributed by atoms with van der Waals surface area (Å²) in [5.41, 5.74) is 7.83. The summed E-state index contributed by atoms with van der Waals surface area (Å²) in [7, 11) is 0. The minimum atomic E-state index is 0.0277. The second kappa shape index (κ2) is 7.07. The molecule has 0 heterocycles. The van der Waals surface area contributed by atoms with Crippen molar-refractivity contribution in [3.8, 4) is 0 Å². The van der Waals surface area contributed by atoms with E-state index in [4.69, 9.17) is 5.73 Å². The average Bonchev–Trinajstić information content (AvgIpc) is 2.33. The van der Waals surface area contributed by atoms with Crippen molar-refractivity contribution in [1.29, 1.82) is 0 Å². The van der Waals surface area contributed by atoms with Crippen LogP contribution in [0, 0.1) is 6.92 Å². The predicted octanol–water partition coefficient (Wildman–Crippen LogP) is 2.08. The van der Waals surface area contributed by atoms with Crippen LogP contribution in [-0.2, 0) is 11.3 Å². The fraction of sp³-hybridized carbons (Fsp3) is 0.500. The Hall–Kier alpha value is -1.35. The van der Waals surface area contributed by atoms with Crippen molar-refractivity contribution in [3.63, 3.8) is 0 Å². The van der Waals surface area contributed by atoms with Crippen LogP contribution < -0.4 is 5.73 Å². The van der Waals surface area contributed by atoms with Crippen molar-refractivity contribution in [3.05, 3.63) is 35.4 Å². The highest BCUT2D eigenvalue weighted by Crippen LogP contribution is 2.08. The summed E-state index contributed by atoms with van der Waals surface area (Å²) in [4.78, 5) is 13.6. The minimum absolute atomic E-state index is 0.0277. The molecule has 0 saturated heterocycles. The number of unbranched alkanes of at least 4 members (excludes halogenated alkanes) is 1. The number of hydrogen-bond acceptors (Lipinski definition) is 2. The first-order valence-electron chi connectivity index (χ1n) is 6.20. The van der Waals surface area contributed by atoms with Crippen LogP contribution in [-0.4, -0.2) is 23.9 Å². The van der Waals surface area contributed by atoms with Gasteiger partial charge in [-0.2, -0.15) is 0 Å². The van der Waals surface area contributed by atoms with Crippen LogP contribution in [0.2, 0.25) is 0 Å². The molecule has 0 bridgehead atoms. The van der Waals surface area contributed by atoms with Gasteiger partial charge in [0.25, 0.3) is 0 Å². The number of carbonyl (C=O) groups excluding carboxylic acids is 1. The molecule has 1 aromatic rings. The van der Waals surface area contributed by atoms with Gasteiger partial charge in [-0.25, -0.2) is 0 Å². The zero-order valence-corrected chi connectivity index (χ0v) is 10.8. The van der Waals surface area contributed by atoms with Gasteiger partial charge in [-0.3, -0.25) is 4.79 Å². The molecular formula is C14H22N2O. The Morgan fingerprint density at radius 1 is 1.41 bits per heavy atom. The lowest BCUT2D eigenvalue weighted by molar-refractivity contribution is -0.130. The highest BCUT2D eigenvalue weighted by Gasteiger charge is 2.11. The van der Waals surface area contributed by atoms with Gasteiger partial charge in [-0.15, -0.1) is 0 Å². The molecule has 1 amide bonds. The van der Waals surface area contributed by atoms with Crippen molar-refractivity contribution in [2.75, 3.05) is 13.1 Å². The van der Waals surface area contributed by atoms with E-state index in [1.54, 1.807) is 0 Å². The van der Waals surface area contributed by atoms with E-state index in [1.165, 1.54) is 11.1 Å². The zero-order valence-electron chi connectivity index (χ0n) is 10.8. The standard InChI is InChI=1S/C14H22N2O/c1-3-4-8-16(14(17)10-15)11-13-7-5-6-12(2)9-13/h5-7,9H,3-4,8,10-11,15H2,1-2H3. The van der Waals surface area contributed by atoms with Gasteiger partial charge in [-0.1, -0.05) is 43.2 Å². The summed E-state index contributed by atoms with van der Waals surface area (Å²) in [6.07, 6.45) is 2.11. The summed E-state index contributed by atoms with van der Waals surface area (Å²) >= 11 is 0. The Balaban J connectivity index is 2.68. The van der Waals surface area contributed by atoms with Crippen LogP contribution in [0.3, 0.4) is 0 Å². The normalized spacial score (nSPS) is 10.3. The molecular weight excluding hydrogens is 212 g/mol. The molecule has 2 N–H and O–H groups in total. The first-order valence-corrected chi connectivity index (χ1v) is 6.20. The maximum atomic E-state index is 11.7. The van der Waals surface area contributed by atoms with Gasteiger partial charge in [0.15, 0.2) is 0 Å². The second-order valence-electron chi connectivity index (χ2n) is 4.36. The van der Waals surface area contributed by atoms with Crippen LogP contribution >= 0.6 is 0 Å². The number of carbonyl (C=O) groups is 1. The third-order valence-electron chi connectivity index (χ3n) is 2.76. The Bertz CT molecular complexity index is 363. The third-order valence-corrected chi connectivity index (χ3v) is 2.76. The lowest BCUT2D eigenvalue weighted by Gasteiger charge is -2.22. The fourth-order valence-electron chi connectivity index (χ4n) is 1.80. The summed E-state index contributed by atoms with van der Waals surface area (Å²) in [6.45, 7) is 5.73. The number of hydrogen-bond donors (Lipinski definition) is 1. The first kappa shape index (κ1) is 13.7. The summed E-state index contributed by atoms with van der Waals surface area (Å²) in [6, 6.07) is 8.25. The highest BCUT2D eigenvalue weighted by atomic mass is 16.2.